The first-order chi connectivity index (χ1) is 10.2. The summed E-state index contributed by atoms with van der Waals surface area (Å²) in [5.74, 6) is -0.159. The van der Waals surface area contributed by atoms with E-state index in [1.165, 1.54) is 12.1 Å². The van der Waals surface area contributed by atoms with Gasteiger partial charge < -0.3 is 15.4 Å². The highest BCUT2D eigenvalue weighted by molar-refractivity contribution is 5.84. The van der Waals surface area contributed by atoms with Gasteiger partial charge in [-0.05, 0) is 37.0 Å². The average molecular weight is 292 g/mol. The number of carbonyl (C=O) groups is 1. The zero-order chi connectivity index (χ0) is 14.7. The average Bonchev–Trinajstić information content (AvgIpc) is 2.49. The van der Waals surface area contributed by atoms with Crippen molar-refractivity contribution in [3.05, 3.63) is 35.6 Å². The van der Waals surface area contributed by atoms with Gasteiger partial charge in [0.15, 0.2) is 0 Å². The Kier molecular flexibility index (Phi) is 4.22. The summed E-state index contributed by atoms with van der Waals surface area (Å²) in [6.07, 6.45) is 2.63. The molecule has 2 aliphatic heterocycles. The first-order valence-electron chi connectivity index (χ1n) is 7.53. The number of halogens is 1. The topological polar surface area (TPSA) is 50.4 Å². The first-order valence-corrected chi connectivity index (χ1v) is 7.53. The molecule has 2 saturated heterocycles. The van der Waals surface area contributed by atoms with Crippen molar-refractivity contribution in [3.63, 3.8) is 0 Å². The van der Waals surface area contributed by atoms with Crippen LogP contribution in [-0.2, 0) is 16.0 Å². The molecule has 4 nitrogen and oxygen atoms in total. The fourth-order valence-electron chi connectivity index (χ4n) is 3.19. The van der Waals surface area contributed by atoms with Crippen LogP contribution in [-0.4, -0.2) is 38.3 Å². The molecule has 2 N–H and O–H groups in total. The molecule has 0 bridgehead atoms. The standard InChI is InChI=1S/C16H21FN2O2/c17-13-3-1-12(2-4-13)5-8-18-15(20)14-16(11-19-14)6-9-21-10-7-16/h1-4,14,19H,5-11H2,(H,18,20)/t14-/m1/s1. The predicted octanol–water partition coefficient (Wildman–Crippen LogP) is 1.25. The van der Waals surface area contributed by atoms with Crippen LogP contribution >= 0.6 is 0 Å². The number of hydrogen-bond donors (Lipinski definition) is 2. The Balaban J connectivity index is 1.47. The Morgan fingerprint density at radius 1 is 1.33 bits per heavy atom. The van der Waals surface area contributed by atoms with Gasteiger partial charge in [0.25, 0.3) is 0 Å². The highest BCUT2D eigenvalue weighted by Crippen LogP contribution is 2.39. The summed E-state index contributed by atoms with van der Waals surface area (Å²) < 4.78 is 18.2. The molecule has 1 aromatic rings. The van der Waals surface area contributed by atoms with Gasteiger partial charge in [0.2, 0.25) is 5.91 Å². The van der Waals surface area contributed by atoms with Crippen LogP contribution in [0.5, 0.6) is 0 Å². The van der Waals surface area contributed by atoms with Gasteiger partial charge in [-0.3, -0.25) is 4.79 Å². The summed E-state index contributed by atoms with van der Waals surface area (Å²) in [4.78, 5) is 12.3. The van der Waals surface area contributed by atoms with E-state index in [1.807, 2.05) is 0 Å². The summed E-state index contributed by atoms with van der Waals surface area (Å²) >= 11 is 0. The second-order valence-electron chi connectivity index (χ2n) is 5.96. The van der Waals surface area contributed by atoms with Crippen LogP contribution in [0.25, 0.3) is 0 Å². The van der Waals surface area contributed by atoms with E-state index in [0.717, 1.165) is 44.6 Å². The second-order valence-corrected chi connectivity index (χ2v) is 5.96. The Bertz CT molecular complexity index is 498. The van der Waals surface area contributed by atoms with Crippen LogP contribution in [0.4, 0.5) is 4.39 Å². The van der Waals surface area contributed by atoms with Crippen LogP contribution in [0.3, 0.4) is 0 Å². The summed E-state index contributed by atoms with van der Waals surface area (Å²) in [7, 11) is 0. The number of benzene rings is 1. The molecular formula is C16H21FN2O2. The minimum absolute atomic E-state index is 0.0743. The van der Waals surface area contributed by atoms with Gasteiger partial charge in [0.1, 0.15) is 5.82 Å². The van der Waals surface area contributed by atoms with Gasteiger partial charge in [0.05, 0.1) is 6.04 Å². The molecule has 0 unspecified atom stereocenters. The second kappa shape index (κ2) is 6.12. The first kappa shape index (κ1) is 14.5. The lowest BCUT2D eigenvalue weighted by Crippen LogP contribution is -2.69. The fourth-order valence-corrected chi connectivity index (χ4v) is 3.19. The van der Waals surface area contributed by atoms with E-state index in [-0.39, 0.29) is 23.2 Å². The van der Waals surface area contributed by atoms with Crippen molar-refractivity contribution in [2.45, 2.75) is 25.3 Å². The third kappa shape index (κ3) is 3.09. The molecule has 2 aliphatic rings. The number of nitrogens with one attached hydrogen (secondary N) is 2. The van der Waals surface area contributed by atoms with Crippen LogP contribution in [0.15, 0.2) is 24.3 Å². The van der Waals surface area contributed by atoms with Crippen molar-refractivity contribution in [2.75, 3.05) is 26.3 Å². The Morgan fingerprint density at radius 3 is 2.67 bits per heavy atom. The third-order valence-electron chi connectivity index (χ3n) is 4.65. The molecule has 1 atom stereocenters. The smallest absolute Gasteiger partial charge is 0.237 e. The molecule has 0 radical (unpaired) electrons. The van der Waals surface area contributed by atoms with Gasteiger partial charge in [-0.1, -0.05) is 12.1 Å². The van der Waals surface area contributed by atoms with Crippen molar-refractivity contribution in [1.82, 2.24) is 10.6 Å². The maximum absolute atomic E-state index is 12.8. The van der Waals surface area contributed by atoms with E-state index < -0.39 is 0 Å². The molecule has 0 aromatic heterocycles. The molecule has 2 fully saturated rings. The summed E-state index contributed by atoms with van der Waals surface area (Å²) in [6.45, 7) is 2.99. The van der Waals surface area contributed by atoms with Gasteiger partial charge in [-0.2, -0.15) is 0 Å². The quantitative estimate of drug-likeness (QED) is 0.878. The molecule has 3 rings (SSSR count). The van der Waals surface area contributed by atoms with Gasteiger partial charge in [0, 0.05) is 31.7 Å². The van der Waals surface area contributed by atoms with E-state index in [1.54, 1.807) is 12.1 Å². The molecule has 1 spiro atoms. The van der Waals surface area contributed by atoms with Crippen LogP contribution < -0.4 is 10.6 Å². The van der Waals surface area contributed by atoms with E-state index in [4.69, 9.17) is 4.74 Å². The van der Waals surface area contributed by atoms with E-state index in [9.17, 15) is 9.18 Å². The molecule has 2 heterocycles. The van der Waals surface area contributed by atoms with Crippen molar-refractivity contribution in [1.29, 1.82) is 0 Å². The Morgan fingerprint density at radius 2 is 2.05 bits per heavy atom. The maximum Gasteiger partial charge on any atom is 0.237 e. The maximum atomic E-state index is 12.8. The van der Waals surface area contributed by atoms with Gasteiger partial charge in [-0.15, -0.1) is 0 Å². The highest BCUT2D eigenvalue weighted by atomic mass is 19.1. The van der Waals surface area contributed by atoms with Gasteiger partial charge >= 0.3 is 0 Å². The lowest BCUT2D eigenvalue weighted by Gasteiger charge is -2.51. The van der Waals surface area contributed by atoms with Crippen LogP contribution in [0, 0.1) is 11.2 Å². The van der Waals surface area contributed by atoms with Crippen molar-refractivity contribution >= 4 is 5.91 Å². The molecule has 1 aromatic carbocycles. The lowest BCUT2D eigenvalue weighted by molar-refractivity contribution is -0.135. The van der Waals surface area contributed by atoms with E-state index in [2.05, 4.69) is 10.6 Å². The lowest BCUT2D eigenvalue weighted by atomic mass is 9.67. The fraction of sp³-hybridized carbons (Fsp3) is 0.562. The minimum atomic E-state index is -0.233. The monoisotopic (exact) mass is 292 g/mol. The largest absolute Gasteiger partial charge is 0.381 e. The molecule has 114 valence electrons. The summed E-state index contributed by atoms with van der Waals surface area (Å²) in [6, 6.07) is 6.31. The molecular weight excluding hydrogens is 271 g/mol. The highest BCUT2D eigenvalue weighted by Gasteiger charge is 2.50. The number of carbonyl (C=O) groups excluding carboxylic acids is 1. The summed E-state index contributed by atoms with van der Waals surface area (Å²) in [5, 5.41) is 6.23. The zero-order valence-electron chi connectivity index (χ0n) is 12.0. The summed E-state index contributed by atoms with van der Waals surface area (Å²) in [5.41, 5.74) is 1.12. The van der Waals surface area contributed by atoms with Crippen molar-refractivity contribution in [2.24, 2.45) is 5.41 Å². The number of ether oxygens (including phenoxy) is 1. The third-order valence-corrected chi connectivity index (χ3v) is 4.65. The van der Waals surface area contributed by atoms with Crippen molar-refractivity contribution < 1.29 is 13.9 Å². The van der Waals surface area contributed by atoms with E-state index in [0.29, 0.717) is 6.54 Å². The number of hydrogen-bond acceptors (Lipinski definition) is 3. The molecule has 21 heavy (non-hydrogen) atoms. The number of rotatable bonds is 4. The van der Waals surface area contributed by atoms with Crippen LogP contribution in [0.2, 0.25) is 0 Å². The zero-order valence-corrected chi connectivity index (χ0v) is 12.0. The Hall–Kier alpha value is -1.46. The molecule has 0 saturated carbocycles. The SMILES string of the molecule is O=C(NCCc1ccc(F)cc1)[C@H]1NCC12CCOCC2. The van der Waals surface area contributed by atoms with Gasteiger partial charge in [-0.25, -0.2) is 4.39 Å². The van der Waals surface area contributed by atoms with Crippen molar-refractivity contribution in [3.8, 4) is 0 Å². The normalized spacial score (nSPS) is 23.6. The molecule has 5 heteroatoms. The molecule has 1 amide bonds. The van der Waals surface area contributed by atoms with E-state index >= 15 is 0 Å². The minimum Gasteiger partial charge on any atom is -0.381 e. The molecule has 0 aliphatic carbocycles. The van der Waals surface area contributed by atoms with Crippen LogP contribution in [0.1, 0.15) is 18.4 Å². The Labute approximate surface area is 124 Å². The predicted molar refractivity (Wildman–Crippen MR) is 77.4 cm³/mol. The number of amides is 1.